The Kier molecular flexibility index (Phi) is 13.6. The number of nitrogens with zero attached hydrogens (tertiary/aromatic N) is 7. The lowest BCUT2D eigenvalue weighted by Crippen LogP contribution is -2.57. The number of methoxy groups -OCH3 is 1. The van der Waals surface area contributed by atoms with Crippen molar-refractivity contribution in [1.82, 2.24) is 30.0 Å². The number of rotatable bonds is 13. The van der Waals surface area contributed by atoms with Gasteiger partial charge in [0.05, 0.1) is 34.1 Å². The van der Waals surface area contributed by atoms with Crippen molar-refractivity contribution in [2.45, 2.75) is 70.0 Å². The minimum absolute atomic E-state index is 0.0649. The highest BCUT2D eigenvalue weighted by molar-refractivity contribution is 9.10. The van der Waals surface area contributed by atoms with Crippen molar-refractivity contribution >= 4 is 103 Å². The zero-order valence-electron chi connectivity index (χ0n) is 41.2. The van der Waals surface area contributed by atoms with Gasteiger partial charge in [-0.3, -0.25) is 39.1 Å². The fourth-order valence-corrected chi connectivity index (χ4v) is 13.0. The second-order valence-electron chi connectivity index (χ2n) is 19.9. The van der Waals surface area contributed by atoms with E-state index in [0.29, 0.717) is 54.0 Å². The minimum atomic E-state index is -2.69. The Hall–Kier alpha value is -6.36. The molecule has 5 heterocycles. The van der Waals surface area contributed by atoms with Crippen LogP contribution in [0.2, 0.25) is 0 Å². The van der Waals surface area contributed by atoms with Crippen LogP contribution in [0.5, 0.6) is 5.75 Å². The number of anilines is 6. The molecule has 19 heteroatoms. The summed E-state index contributed by atoms with van der Waals surface area (Å²) in [6.45, 7) is 10.6. The Morgan fingerprint density at radius 1 is 0.889 bits per heavy atom. The summed E-state index contributed by atoms with van der Waals surface area (Å²) in [7, 11) is 0.924. The lowest BCUT2D eigenvalue weighted by molar-refractivity contribution is -0.141. The second-order valence-corrected chi connectivity index (χ2v) is 23.9. The average Bonchev–Trinajstić information content (AvgIpc) is 3.61. The molecule has 72 heavy (non-hydrogen) atoms. The lowest BCUT2D eigenvalue weighted by Gasteiger charge is -2.46. The van der Waals surface area contributed by atoms with Gasteiger partial charge in [0.2, 0.25) is 23.7 Å². The number of ether oxygens (including phenoxy) is 1. The monoisotopic (exact) mass is 1060 g/mol. The van der Waals surface area contributed by atoms with Crippen molar-refractivity contribution in [3.63, 3.8) is 0 Å². The van der Waals surface area contributed by atoms with Crippen LogP contribution in [0.25, 0.3) is 10.8 Å². The van der Waals surface area contributed by atoms with Crippen LogP contribution in [0.1, 0.15) is 71.7 Å². The first-order valence-corrected chi connectivity index (χ1v) is 28.2. The van der Waals surface area contributed by atoms with Crippen molar-refractivity contribution in [1.29, 1.82) is 0 Å². The normalized spacial score (nSPS) is 20.9. The number of aromatic nitrogens is 2. The average molecular weight is 1060 g/mol. The maximum atomic E-state index is 13.8. The quantitative estimate of drug-likeness (QED) is 0.0798. The first kappa shape index (κ1) is 49.2. The summed E-state index contributed by atoms with van der Waals surface area (Å²) in [6.07, 6.45) is 6.13. The molecule has 1 unspecified atom stereocenters. The summed E-state index contributed by atoms with van der Waals surface area (Å²) in [5.74, 6) is -0.363. The summed E-state index contributed by atoms with van der Waals surface area (Å²) in [5, 5.41) is 11.8. The van der Waals surface area contributed by atoms with Gasteiger partial charge in [0.15, 0.2) is 0 Å². The van der Waals surface area contributed by atoms with E-state index < -0.39 is 36.8 Å². The highest BCUT2D eigenvalue weighted by Crippen LogP contribution is 2.43. The number of nitrogens with one attached hydrogen (secondary N) is 3. The molecule has 5 aliphatic rings. The third-order valence-electron chi connectivity index (χ3n) is 15.3. The number of piperidine rings is 2. The van der Waals surface area contributed by atoms with E-state index in [1.807, 2.05) is 54.4 Å². The molecule has 0 radical (unpaired) electrons. The summed E-state index contributed by atoms with van der Waals surface area (Å²) in [4.78, 5) is 84.1. The van der Waals surface area contributed by atoms with E-state index in [0.717, 1.165) is 89.2 Å². The van der Waals surface area contributed by atoms with Crippen LogP contribution >= 0.6 is 23.1 Å². The van der Waals surface area contributed by atoms with Crippen molar-refractivity contribution < 1.29 is 33.3 Å². The highest BCUT2D eigenvalue weighted by Gasteiger charge is 2.46. The van der Waals surface area contributed by atoms with Gasteiger partial charge in [0.25, 0.3) is 11.8 Å². The molecule has 4 aliphatic heterocycles. The predicted octanol–water partition coefficient (Wildman–Crippen LogP) is 7.13. The van der Waals surface area contributed by atoms with Crippen molar-refractivity contribution in [3.8, 4) is 5.75 Å². The van der Waals surface area contributed by atoms with Crippen LogP contribution in [-0.2, 0) is 25.4 Å². The van der Waals surface area contributed by atoms with E-state index in [2.05, 4.69) is 70.6 Å². The van der Waals surface area contributed by atoms with Gasteiger partial charge in [-0.1, -0.05) is 37.3 Å². The Labute approximate surface area is 427 Å². The Morgan fingerprint density at radius 3 is 2.33 bits per heavy atom. The van der Waals surface area contributed by atoms with Crippen LogP contribution in [0.4, 0.5) is 34.5 Å². The molecule has 1 saturated carbocycles. The molecule has 0 bridgehead atoms. The van der Waals surface area contributed by atoms with Crippen molar-refractivity contribution in [2.75, 3.05) is 87.2 Å². The molecule has 0 spiro atoms. The third-order valence-corrected chi connectivity index (χ3v) is 17.4. The number of halogens is 1. The molecule has 10 rings (SSSR count). The number of hydrogen-bond donors (Lipinski definition) is 3. The number of imide groups is 2. The van der Waals surface area contributed by atoms with Gasteiger partial charge < -0.3 is 34.6 Å². The topological polar surface area (TPSA) is 190 Å². The van der Waals surface area contributed by atoms with Gasteiger partial charge in [-0.05, 0) is 114 Å². The van der Waals surface area contributed by atoms with Gasteiger partial charge in [0.1, 0.15) is 24.8 Å². The first-order chi connectivity index (χ1) is 34.6. The number of piperazine rings is 1. The smallest absolute Gasteiger partial charge is 0.262 e. The van der Waals surface area contributed by atoms with Gasteiger partial charge in [-0.15, -0.1) is 0 Å². The van der Waals surface area contributed by atoms with Crippen molar-refractivity contribution in [2.24, 2.45) is 5.92 Å². The number of benzene rings is 4. The second kappa shape index (κ2) is 19.9. The van der Waals surface area contributed by atoms with Gasteiger partial charge in [-0.25, -0.2) is 4.98 Å². The van der Waals surface area contributed by atoms with E-state index in [1.54, 1.807) is 38.8 Å². The molecule has 1 aromatic heterocycles. The number of amides is 5. The zero-order chi connectivity index (χ0) is 50.6. The Morgan fingerprint density at radius 2 is 1.62 bits per heavy atom. The largest absolute Gasteiger partial charge is 0.494 e. The first-order valence-electron chi connectivity index (χ1n) is 24.8. The summed E-state index contributed by atoms with van der Waals surface area (Å²) < 4.78 is 20.3. The number of fused-ring (bicyclic) bond motifs is 2. The van der Waals surface area contributed by atoms with Gasteiger partial charge in [0, 0.05) is 99.7 Å². The maximum Gasteiger partial charge on any atom is 0.262 e. The molecule has 4 fully saturated rings. The van der Waals surface area contributed by atoms with Crippen LogP contribution in [0.3, 0.4) is 0 Å². The fraction of sp³-hybridized carbons (Fsp3) is 0.415. The Bertz CT molecular complexity index is 3050. The van der Waals surface area contributed by atoms with E-state index in [4.69, 9.17) is 9.72 Å². The standard InChI is InChI=1S/C53H60BrN10O7P/c1-6-31-27-42(57-53-55-30-40(54)48(59-53)56-41-14-11-32-9-7-8-10-37(32)47(41)72(4,5)70)45(71-3)29-44(31)62-19-17-34(18-20-62)61-21-23-63(24-22-61)50(67)33-25-36(26-33)60(2)35-12-13-38-39(28-35)52(69)64(51(38)68)43-15-16-46(65)58-49(43)66/h7-14,27-30,33-34,36,43H,6,15-26H2,1-5H3,(H,58,65,66)(H2,55,56,57,59)/t33-,36-,43?. The number of hydrogen-bond acceptors (Lipinski definition) is 14. The molecule has 1 atom stereocenters. The lowest BCUT2D eigenvalue weighted by atomic mass is 9.78. The number of carbonyl (C=O) groups excluding carboxylic acids is 5. The van der Waals surface area contributed by atoms with Crippen molar-refractivity contribution in [3.05, 3.63) is 94.1 Å². The summed E-state index contributed by atoms with van der Waals surface area (Å²) >= 11 is 3.62. The molecule has 1 aliphatic carbocycles. The summed E-state index contributed by atoms with van der Waals surface area (Å²) in [5.41, 5.74) is 5.09. The molecular formula is C53H60BrN10O7P. The van der Waals surface area contributed by atoms with E-state index in [-0.39, 0.29) is 41.8 Å². The molecule has 17 nitrogen and oxygen atoms in total. The zero-order valence-corrected chi connectivity index (χ0v) is 43.7. The predicted molar refractivity (Wildman–Crippen MR) is 283 cm³/mol. The molecule has 3 saturated heterocycles. The van der Waals surface area contributed by atoms with Gasteiger partial charge in [-0.2, -0.15) is 4.98 Å². The van der Waals surface area contributed by atoms with Gasteiger partial charge >= 0.3 is 0 Å². The van der Waals surface area contributed by atoms with Crippen LogP contribution in [-0.4, -0.2) is 139 Å². The van der Waals surface area contributed by atoms with Crippen LogP contribution in [0.15, 0.2) is 77.4 Å². The SMILES string of the molecule is CCc1cc(Nc2ncc(Br)c(Nc3ccc4ccccc4c3P(C)(C)=O)n2)c(OC)cc1N1CCC(N2CCN(C(=O)[C@H]3C[C@H](N(C)c4ccc5c(c4)C(=O)N(C4CCC(=O)NC4=O)C5=O)C3)CC2)CC1. The van der Waals surface area contributed by atoms with E-state index in [9.17, 15) is 28.5 Å². The number of carbonyl (C=O) groups is 5. The maximum absolute atomic E-state index is 13.8. The molecule has 4 aromatic carbocycles. The summed E-state index contributed by atoms with van der Waals surface area (Å²) in [6, 6.07) is 20.8. The van der Waals surface area contributed by atoms with Crippen LogP contribution < -0.4 is 35.8 Å². The third kappa shape index (κ3) is 9.44. The number of aryl methyl sites for hydroxylation is 1. The molecule has 5 amide bonds. The fourth-order valence-electron chi connectivity index (χ4n) is 11.2. The van der Waals surface area contributed by atoms with E-state index in [1.165, 1.54) is 5.56 Å². The molecular weight excluding hydrogens is 1000 g/mol. The van der Waals surface area contributed by atoms with E-state index >= 15 is 0 Å². The Balaban J connectivity index is 0.716. The molecule has 3 N–H and O–H groups in total. The highest BCUT2D eigenvalue weighted by atomic mass is 79.9. The van der Waals surface area contributed by atoms with Crippen LogP contribution in [0, 0.1) is 5.92 Å². The molecule has 376 valence electrons. The molecule has 5 aromatic rings. The minimum Gasteiger partial charge on any atom is -0.494 e.